The molecule has 2 aliphatic rings. The second-order valence-electron chi connectivity index (χ2n) is 7.21. The van der Waals surface area contributed by atoms with E-state index < -0.39 is 5.97 Å². The molecule has 2 amide bonds. The van der Waals surface area contributed by atoms with Crippen LogP contribution >= 0.6 is 0 Å². The van der Waals surface area contributed by atoms with Crippen LogP contribution in [0.15, 0.2) is 0 Å². The molecule has 0 atom stereocenters. The van der Waals surface area contributed by atoms with Crippen molar-refractivity contribution in [3.8, 4) is 0 Å². The number of hydrogen-bond acceptors (Lipinski definition) is 3. The Morgan fingerprint density at radius 2 is 1.78 bits per heavy atom. The predicted molar refractivity (Wildman–Crippen MR) is 87.3 cm³/mol. The van der Waals surface area contributed by atoms with Crippen LogP contribution in [-0.2, 0) is 9.53 Å². The third kappa shape index (κ3) is 5.37. The summed E-state index contributed by atoms with van der Waals surface area (Å²) in [6.45, 7) is 1.34. The zero-order valence-electron chi connectivity index (χ0n) is 14.1. The van der Waals surface area contributed by atoms with E-state index in [4.69, 9.17) is 9.84 Å². The molecule has 132 valence electrons. The molecule has 2 aliphatic carbocycles. The molecule has 0 aromatic rings. The SMILES string of the molecule is COCC1(CNC(=O)NC2CCC(C(=O)O)CC2)CCCCC1. The highest BCUT2D eigenvalue weighted by Gasteiger charge is 2.33. The lowest BCUT2D eigenvalue weighted by Gasteiger charge is -2.37. The highest BCUT2D eigenvalue weighted by molar-refractivity contribution is 5.74. The van der Waals surface area contributed by atoms with Crippen LogP contribution < -0.4 is 10.6 Å². The summed E-state index contributed by atoms with van der Waals surface area (Å²) >= 11 is 0. The number of carbonyl (C=O) groups is 2. The predicted octanol–water partition coefficient (Wildman–Crippen LogP) is 2.53. The van der Waals surface area contributed by atoms with Gasteiger partial charge in [0.2, 0.25) is 0 Å². The van der Waals surface area contributed by atoms with Crippen molar-refractivity contribution in [3.05, 3.63) is 0 Å². The van der Waals surface area contributed by atoms with Crippen LogP contribution in [0.1, 0.15) is 57.8 Å². The summed E-state index contributed by atoms with van der Waals surface area (Å²) in [5, 5.41) is 15.0. The molecule has 6 nitrogen and oxygen atoms in total. The number of carbonyl (C=O) groups excluding carboxylic acids is 1. The van der Waals surface area contributed by atoms with E-state index in [1.54, 1.807) is 7.11 Å². The van der Waals surface area contributed by atoms with E-state index in [1.807, 2.05) is 0 Å². The molecule has 2 fully saturated rings. The van der Waals surface area contributed by atoms with Crippen LogP contribution in [-0.4, -0.2) is 43.4 Å². The number of carboxylic acids is 1. The fraction of sp³-hybridized carbons (Fsp3) is 0.882. The first kappa shape index (κ1) is 18.0. The molecule has 3 N–H and O–H groups in total. The van der Waals surface area contributed by atoms with Gasteiger partial charge in [-0.15, -0.1) is 0 Å². The van der Waals surface area contributed by atoms with Gasteiger partial charge in [0.15, 0.2) is 0 Å². The molecule has 0 radical (unpaired) electrons. The molecule has 0 aromatic heterocycles. The Morgan fingerprint density at radius 3 is 2.35 bits per heavy atom. The number of nitrogens with one attached hydrogen (secondary N) is 2. The highest BCUT2D eigenvalue weighted by Crippen LogP contribution is 2.35. The number of aliphatic carboxylic acids is 1. The Balaban J connectivity index is 1.73. The summed E-state index contributed by atoms with van der Waals surface area (Å²) < 4.78 is 5.37. The Labute approximate surface area is 138 Å². The largest absolute Gasteiger partial charge is 0.481 e. The summed E-state index contributed by atoms with van der Waals surface area (Å²) in [4.78, 5) is 23.1. The minimum atomic E-state index is -0.716. The molecule has 0 aromatic carbocycles. The van der Waals surface area contributed by atoms with Crippen molar-refractivity contribution in [2.45, 2.75) is 63.8 Å². The van der Waals surface area contributed by atoms with Crippen molar-refractivity contribution < 1.29 is 19.4 Å². The Morgan fingerprint density at radius 1 is 1.13 bits per heavy atom. The molecule has 0 heterocycles. The summed E-state index contributed by atoms with van der Waals surface area (Å²) in [6.07, 6.45) is 8.65. The number of methoxy groups -OCH3 is 1. The van der Waals surface area contributed by atoms with Gasteiger partial charge in [0.1, 0.15) is 0 Å². The number of hydrogen-bond donors (Lipinski definition) is 3. The van der Waals surface area contributed by atoms with E-state index in [2.05, 4.69) is 10.6 Å². The standard InChI is InChI=1S/C17H30N2O4/c1-23-12-17(9-3-2-4-10-17)11-18-16(22)19-14-7-5-13(6-8-14)15(20)21/h13-14H,2-12H2,1H3,(H,20,21)(H2,18,19,22). The van der Waals surface area contributed by atoms with Crippen LogP contribution in [0, 0.1) is 11.3 Å². The third-order valence-electron chi connectivity index (χ3n) is 5.40. The van der Waals surface area contributed by atoms with E-state index in [1.165, 1.54) is 19.3 Å². The fourth-order valence-corrected chi connectivity index (χ4v) is 3.97. The van der Waals surface area contributed by atoms with Crippen LogP contribution in [0.3, 0.4) is 0 Å². The lowest BCUT2D eigenvalue weighted by molar-refractivity contribution is -0.142. The van der Waals surface area contributed by atoms with E-state index >= 15 is 0 Å². The van der Waals surface area contributed by atoms with E-state index in [9.17, 15) is 9.59 Å². The zero-order valence-corrected chi connectivity index (χ0v) is 14.1. The Bertz CT molecular complexity index is 394. The maximum atomic E-state index is 12.1. The van der Waals surface area contributed by atoms with Crippen molar-refractivity contribution in [2.75, 3.05) is 20.3 Å². The van der Waals surface area contributed by atoms with Gasteiger partial charge in [-0.1, -0.05) is 19.3 Å². The lowest BCUT2D eigenvalue weighted by atomic mass is 9.74. The Kier molecular flexibility index (Phi) is 6.69. The fourth-order valence-electron chi connectivity index (χ4n) is 3.97. The molecule has 2 rings (SSSR count). The van der Waals surface area contributed by atoms with Crippen LogP contribution in [0.2, 0.25) is 0 Å². The molecule has 0 aliphatic heterocycles. The van der Waals surface area contributed by atoms with Crippen molar-refractivity contribution in [3.63, 3.8) is 0 Å². The van der Waals surface area contributed by atoms with Gasteiger partial charge in [-0.2, -0.15) is 0 Å². The lowest BCUT2D eigenvalue weighted by Crippen LogP contribution is -2.48. The average molecular weight is 326 g/mol. The van der Waals surface area contributed by atoms with Crippen molar-refractivity contribution in [1.82, 2.24) is 10.6 Å². The second-order valence-corrected chi connectivity index (χ2v) is 7.21. The number of amides is 2. The molecule has 0 bridgehead atoms. The smallest absolute Gasteiger partial charge is 0.315 e. The average Bonchev–Trinajstić information content (AvgIpc) is 2.55. The second kappa shape index (κ2) is 8.52. The molecule has 23 heavy (non-hydrogen) atoms. The van der Waals surface area contributed by atoms with E-state index in [-0.39, 0.29) is 23.4 Å². The van der Waals surface area contributed by atoms with Crippen molar-refractivity contribution in [2.24, 2.45) is 11.3 Å². The van der Waals surface area contributed by atoms with Crippen LogP contribution in [0.25, 0.3) is 0 Å². The van der Waals surface area contributed by atoms with Gasteiger partial charge in [0.05, 0.1) is 12.5 Å². The van der Waals surface area contributed by atoms with E-state index in [0.717, 1.165) is 25.7 Å². The minimum absolute atomic E-state index is 0.0747. The summed E-state index contributed by atoms with van der Waals surface area (Å²) in [7, 11) is 1.72. The number of carboxylic acid groups (broad SMARTS) is 1. The van der Waals surface area contributed by atoms with Crippen LogP contribution in [0.5, 0.6) is 0 Å². The van der Waals surface area contributed by atoms with Gasteiger partial charge >= 0.3 is 12.0 Å². The Hall–Kier alpha value is -1.30. The molecular weight excluding hydrogens is 296 g/mol. The molecule has 2 saturated carbocycles. The first-order valence-electron chi connectivity index (χ1n) is 8.81. The minimum Gasteiger partial charge on any atom is -0.481 e. The highest BCUT2D eigenvalue weighted by atomic mass is 16.5. The first-order valence-corrected chi connectivity index (χ1v) is 8.81. The topological polar surface area (TPSA) is 87.7 Å². The van der Waals surface area contributed by atoms with Gasteiger partial charge < -0.3 is 20.5 Å². The maximum absolute atomic E-state index is 12.1. The normalized spacial score (nSPS) is 27.2. The van der Waals surface area contributed by atoms with Crippen molar-refractivity contribution in [1.29, 1.82) is 0 Å². The first-order chi connectivity index (χ1) is 11.0. The van der Waals surface area contributed by atoms with Crippen molar-refractivity contribution >= 4 is 12.0 Å². The maximum Gasteiger partial charge on any atom is 0.315 e. The monoisotopic (exact) mass is 326 g/mol. The van der Waals surface area contributed by atoms with Crippen LogP contribution in [0.4, 0.5) is 4.79 Å². The molecular formula is C17H30N2O4. The molecule has 0 unspecified atom stereocenters. The van der Waals surface area contributed by atoms with Gasteiger partial charge in [0, 0.05) is 25.1 Å². The van der Waals surface area contributed by atoms with Gasteiger partial charge in [-0.3, -0.25) is 4.79 Å². The third-order valence-corrected chi connectivity index (χ3v) is 5.40. The summed E-state index contributed by atoms with van der Waals surface area (Å²) in [5.74, 6) is -0.963. The van der Waals surface area contributed by atoms with Gasteiger partial charge in [0.25, 0.3) is 0 Å². The molecule has 0 saturated heterocycles. The number of rotatable bonds is 6. The number of ether oxygens (including phenoxy) is 1. The summed E-state index contributed by atoms with van der Waals surface area (Å²) in [5.41, 5.74) is 0.0747. The van der Waals surface area contributed by atoms with E-state index in [0.29, 0.717) is 26.0 Å². The summed E-state index contributed by atoms with van der Waals surface area (Å²) in [6, 6.07) is -0.0415. The van der Waals surface area contributed by atoms with Gasteiger partial charge in [-0.25, -0.2) is 4.79 Å². The molecule has 0 spiro atoms. The number of urea groups is 1. The zero-order chi connectivity index (χ0) is 16.7. The van der Waals surface area contributed by atoms with Gasteiger partial charge in [-0.05, 0) is 38.5 Å². The molecule has 6 heteroatoms. The quantitative estimate of drug-likeness (QED) is 0.700.